The number of halogens is 1. The van der Waals surface area contributed by atoms with Gasteiger partial charge in [0.25, 0.3) is 0 Å². The van der Waals surface area contributed by atoms with Gasteiger partial charge in [-0.25, -0.2) is 0 Å². The van der Waals surface area contributed by atoms with E-state index in [9.17, 15) is 0 Å². The summed E-state index contributed by atoms with van der Waals surface area (Å²) in [7, 11) is 7.45. The second-order valence-corrected chi connectivity index (χ2v) is 8.81. The van der Waals surface area contributed by atoms with Crippen LogP contribution in [0.3, 0.4) is 0 Å². The molecule has 9 heavy (non-hydrogen) atoms. The van der Waals surface area contributed by atoms with Crippen LogP contribution in [-0.4, -0.2) is 13.2 Å². The predicted octanol–water partition coefficient (Wildman–Crippen LogP) is 2.23. The van der Waals surface area contributed by atoms with Gasteiger partial charge in [0.05, 0.1) is 0 Å². The fourth-order valence-corrected chi connectivity index (χ4v) is 5.00. The molecule has 3 heteroatoms. The van der Waals surface area contributed by atoms with E-state index in [2.05, 4.69) is 6.08 Å². The summed E-state index contributed by atoms with van der Waals surface area (Å²) in [5.41, 5.74) is 0. The Morgan fingerprint density at radius 2 is 2.44 bits per heavy atom. The predicted molar refractivity (Wildman–Crippen MR) is 36.3 cm³/mol. The van der Waals surface area contributed by atoms with Gasteiger partial charge in [-0.2, -0.15) is 0 Å². The summed E-state index contributed by atoms with van der Waals surface area (Å²) in [4.78, 5) is 0. The molecule has 0 bridgehead atoms. The zero-order valence-electron chi connectivity index (χ0n) is 5.93. The van der Waals surface area contributed by atoms with Crippen molar-refractivity contribution in [1.29, 1.82) is 0 Å². The van der Waals surface area contributed by atoms with Crippen LogP contribution < -0.4 is 0 Å². The van der Waals surface area contributed by atoms with Crippen LogP contribution in [0.25, 0.3) is 0 Å². The van der Waals surface area contributed by atoms with Crippen LogP contribution in [0.4, 0.5) is 0 Å². The van der Waals surface area contributed by atoms with Crippen molar-refractivity contribution in [2.45, 2.75) is 17.0 Å². The first kappa shape index (κ1) is 9.93. The van der Waals surface area contributed by atoms with Crippen molar-refractivity contribution in [1.82, 2.24) is 0 Å². The summed E-state index contributed by atoms with van der Waals surface area (Å²) in [5.74, 6) is 0. The second-order valence-electron chi connectivity index (χ2n) is 1.78. The molecule has 0 heterocycles. The summed E-state index contributed by atoms with van der Waals surface area (Å²) in [6.45, 7) is 2.00. The Morgan fingerprint density at radius 1 is 1.78 bits per heavy atom. The van der Waals surface area contributed by atoms with E-state index in [1.807, 2.05) is 13.0 Å². The quantitative estimate of drug-likeness (QED) is 0.566. The van der Waals surface area contributed by atoms with E-state index in [-0.39, 0.29) is 0 Å². The molecule has 1 atom stereocenters. The molecular weight excluding hydrogens is 324 g/mol. The molecule has 0 N–H and O–H groups in total. The van der Waals surface area contributed by atoms with Crippen molar-refractivity contribution in [2.24, 2.45) is 0 Å². The number of allylic oxidation sites excluding steroid dienone is 1. The standard InChI is InChI=1S/C6H11O.ClH.Hg/c1-4-5-6(2)7-3;;/h4-6H,2H2,1,3H3;1H;/q;;+1/p-1/b5-4+;;. The van der Waals surface area contributed by atoms with Crippen LogP contribution in [0.1, 0.15) is 6.92 Å². The zero-order chi connectivity index (χ0) is 7.11. The first-order valence-corrected chi connectivity index (χ1v) is 13.7. The molecule has 0 saturated carbocycles. The van der Waals surface area contributed by atoms with Gasteiger partial charge >= 0.3 is 72.5 Å². The van der Waals surface area contributed by atoms with Crippen LogP contribution in [0.5, 0.6) is 0 Å². The molecule has 0 spiro atoms. The third-order valence-electron chi connectivity index (χ3n) is 1.10. The fourth-order valence-electron chi connectivity index (χ4n) is 0.615. The average Bonchev–Trinajstić information content (AvgIpc) is 1.88. The van der Waals surface area contributed by atoms with Crippen LogP contribution in [0.15, 0.2) is 12.2 Å². The summed E-state index contributed by atoms with van der Waals surface area (Å²) >= 11 is -0.983. The Hall–Kier alpha value is 0.925. The number of hydrogen-bond donors (Lipinski definition) is 0. The van der Waals surface area contributed by atoms with Crippen LogP contribution in [0.2, 0.25) is 3.93 Å². The normalized spacial score (nSPS) is 13.7. The number of ether oxygens (including phenoxy) is 1. The van der Waals surface area contributed by atoms with Crippen molar-refractivity contribution in [3.63, 3.8) is 0 Å². The van der Waals surface area contributed by atoms with Gasteiger partial charge in [0.15, 0.2) is 0 Å². The monoisotopic (exact) mass is 336 g/mol. The maximum absolute atomic E-state index is 5.72. The third kappa shape index (κ3) is 5.37. The average molecular weight is 335 g/mol. The maximum atomic E-state index is 5.72. The number of rotatable bonds is 4. The Bertz CT molecular complexity index is 85.1. The Labute approximate surface area is 72.3 Å². The van der Waals surface area contributed by atoms with Gasteiger partial charge in [-0.1, -0.05) is 0 Å². The summed E-state index contributed by atoms with van der Waals surface area (Å²) < 4.78 is 6.23. The van der Waals surface area contributed by atoms with Crippen molar-refractivity contribution < 1.29 is 28.1 Å². The Morgan fingerprint density at radius 3 is 2.78 bits per heavy atom. The van der Waals surface area contributed by atoms with Gasteiger partial charge in [0.1, 0.15) is 0 Å². The second kappa shape index (κ2) is 7.04. The summed E-state index contributed by atoms with van der Waals surface area (Å²) in [6, 6.07) is 0. The van der Waals surface area contributed by atoms with E-state index in [1.165, 1.54) is 0 Å². The minimum absolute atomic E-state index is 0.300. The first-order chi connectivity index (χ1) is 4.35. The molecule has 1 nitrogen and oxygen atoms in total. The molecule has 0 aliphatic carbocycles. The van der Waals surface area contributed by atoms with Gasteiger partial charge in [-0.15, -0.1) is 0 Å². The molecule has 0 aliphatic rings. The third-order valence-corrected chi connectivity index (χ3v) is 6.08. The number of methoxy groups -OCH3 is 1. The van der Waals surface area contributed by atoms with Gasteiger partial charge in [-0.3, -0.25) is 0 Å². The van der Waals surface area contributed by atoms with E-state index >= 15 is 0 Å². The van der Waals surface area contributed by atoms with E-state index in [1.54, 1.807) is 7.11 Å². The van der Waals surface area contributed by atoms with Crippen LogP contribution >= 0.6 is 8.25 Å². The molecule has 1 unspecified atom stereocenters. The van der Waals surface area contributed by atoms with Crippen LogP contribution in [-0.2, 0) is 28.1 Å². The number of hydrogen-bond acceptors (Lipinski definition) is 1. The summed E-state index contributed by atoms with van der Waals surface area (Å²) in [6.07, 6.45) is 4.37. The molecule has 0 rings (SSSR count). The summed E-state index contributed by atoms with van der Waals surface area (Å²) in [5, 5.41) is 0. The van der Waals surface area contributed by atoms with E-state index in [0.717, 1.165) is 3.93 Å². The Kier molecular flexibility index (Phi) is 7.76. The zero-order valence-corrected chi connectivity index (χ0v) is 12.2. The van der Waals surface area contributed by atoms with E-state index in [4.69, 9.17) is 13.0 Å². The van der Waals surface area contributed by atoms with Crippen molar-refractivity contribution in [3.05, 3.63) is 12.2 Å². The van der Waals surface area contributed by atoms with Crippen LogP contribution in [0, 0.1) is 0 Å². The Balaban J connectivity index is 3.41. The minimum atomic E-state index is -0.983. The molecule has 0 aromatic heterocycles. The molecular formula is C6H11ClHgO. The molecule has 0 fully saturated rings. The molecule has 50 valence electrons. The molecule has 0 aromatic carbocycles. The van der Waals surface area contributed by atoms with E-state index < -0.39 is 23.3 Å². The fraction of sp³-hybridized carbons (Fsp3) is 0.667. The van der Waals surface area contributed by atoms with E-state index in [0.29, 0.717) is 6.10 Å². The van der Waals surface area contributed by atoms with Gasteiger partial charge in [-0.05, 0) is 0 Å². The van der Waals surface area contributed by atoms with Gasteiger partial charge in [0, 0.05) is 0 Å². The van der Waals surface area contributed by atoms with Gasteiger partial charge < -0.3 is 0 Å². The first-order valence-electron chi connectivity index (χ1n) is 3.06. The molecule has 0 aliphatic heterocycles. The van der Waals surface area contributed by atoms with Gasteiger partial charge in [0.2, 0.25) is 0 Å². The topological polar surface area (TPSA) is 9.23 Å². The molecule has 0 aromatic rings. The molecule has 0 saturated heterocycles. The molecule has 0 amide bonds. The van der Waals surface area contributed by atoms with Crippen molar-refractivity contribution in [2.75, 3.05) is 7.11 Å². The van der Waals surface area contributed by atoms with Crippen molar-refractivity contribution in [3.8, 4) is 0 Å². The SMILES string of the molecule is C/C=C/C([CH2][Hg][Cl])OC. The van der Waals surface area contributed by atoms with Crippen molar-refractivity contribution >= 4 is 8.25 Å². The molecule has 0 radical (unpaired) electrons.